The number of carbonyl (C=O) groups is 2. The van der Waals surface area contributed by atoms with E-state index in [-0.39, 0.29) is 0 Å². The van der Waals surface area contributed by atoms with Crippen molar-refractivity contribution < 1.29 is 9.59 Å². The summed E-state index contributed by atoms with van der Waals surface area (Å²) in [5, 5.41) is 5.09. The molecule has 0 radical (unpaired) electrons. The van der Waals surface area contributed by atoms with Crippen molar-refractivity contribution in [3.63, 3.8) is 0 Å². The lowest BCUT2D eigenvalue weighted by molar-refractivity contribution is -0.139. The highest BCUT2D eigenvalue weighted by molar-refractivity contribution is 6.35. The molecule has 0 aliphatic heterocycles. The number of nitrogens with zero attached hydrogens (tertiary/aromatic N) is 2. The Bertz CT molecular complexity index is 205. The lowest BCUT2D eigenvalue weighted by Gasteiger charge is -2.11. The fourth-order valence-electron chi connectivity index (χ4n) is 0.947. The predicted molar refractivity (Wildman–Crippen MR) is 63.1 cm³/mol. The summed E-state index contributed by atoms with van der Waals surface area (Å²) in [4.78, 5) is 26.4. The van der Waals surface area contributed by atoms with E-state index in [9.17, 15) is 9.59 Å². The van der Waals surface area contributed by atoms with Gasteiger partial charge in [0.2, 0.25) is 0 Å². The van der Waals surface area contributed by atoms with Gasteiger partial charge in [0, 0.05) is 26.2 Å². The molecule has 16 heavy (non-hydrogen) atoms. The molecular weight excluding hydrogens is 208 g/mol. The summed E-state index contributed by atoms with van der Waals surface area (Å²) in [6.45, 7) is 2.40. The number of hydrogen-bond acceptors (Lipinski definition) is 4. The molecule has 0 heterocycles. The van der Waals surface area contributed by atoms with Crippen LogP contribution in [0, 0.1) is 0 Å². The Morgan fingerprint density at radius 1 is 0.812 bits per heavy atom. The molecular formula is C10H22N4O2. The van der Waals surface area contributed by atoms with Crippen LogP contribution in [0.2, 0.25) is 0 Å². The van der Waals surface area contributed by atoms with Gasteiger partial charge < -0.3 is 20.4 Å². The van der Waals surface area contributed by atoms with Gasteiger partial charge in [-0.05, 0) is 28.2 Å². The van der Waals surface area contributed by atoms with Gasteiger partial charge in [-0.3, -0.25) is 9.59 Å². The highest BCUT2D eigenvalue weighted by Crippen LogP contribution is 1.75. The Morgan fingerprint density at radius 3 is 1.38 bits per heavy atom. The quantitative estimate of drug-likeness (QED) is 0.536. The summed E-state index contributed by atoms with van der Waals surface area (Å²) in [6.07, 6.45) is 0. The van der Waals surface area contributed by atoms with Crippen molar-refractivity contribution >= 4 is 11.8 Å². The van der Waals surface area contributed by atoms with Crippen molar-refractivity contribution in [2.75, 3.05) is 54.4 Å². The van der Waals surface area contributed by atoms with Crippen LogP contribution < -0.4 is 10.6 Å². The van der Waals surface area contributed by atoms with Gasteiger partial charge in [0.15, 0.2) is 0 Å². The maximum atomic E-state index is 11.2. The van der Waals surface area contributed by atoms with E-state index in [4.69, 9.17) is 0 Å². The van der Waals surface area contributed by atoms with Crippen LogP contribution in [0.15, 0.2) is 0 Å². The van der Waals surface area contributed by atoms with E-state index in [1.165, 1.54) is 0 Å². The van der Waals surface area contributed by atoms with Crippen LogP contribution in [0.1, 0.15) is 0 Å². The van der Waals surface area contributed by atoms with Crippen LogP contribution in [0.5, 0.6) is 0 Å². The molecule has 0 spiro atoms. The molecule has 0 aromatic rings. The van der Waals surface area contributed by atoms with Crippen LogP contribution in [-0.4, -0.2) is 76.0 Å². The van der Waals surface area contributed by atoms with Crippen LogP contribution >= 0.6 is 0 Å². The second kappa shape index (κ2) is 8.06. The fraction of sp³-hybridized carbons (Fsp3) is 0.800. The van der Waals surface area contributed by atoms with E-state index in [1.54, 1.807) is 0 Å². The lowest BCUT2D eigenvalue weighted by atomic mass is 10.4. The van der Waals surface area contributed by atoms with E-state index >= 15 is 0 Å². The highest BCUT2D eigenvalue weighted by Gasteiger charge is 2.11. The summed E-state index contributed by atoms with van der Waals surface area (Å²) in [5.74, 6) is -1.14. The molecule has 0 aliphatic rings. The zero-order valence-corrected chi connectivity index (χ0v) is 10.5. The minimum atomic E-state index is -0.569. The topological polar surface area (TPSA) is 64.7 Å². The maximum absolute atomic E-state index is 11.2. The van der Waals surface area contributed by atoms with Crippen LogP contribution in [0.25, 0.3) is 0 Å². The fourth-order valence-corrected chi connectivity index (χ4v) is 0.947. The third-order valence-electron chi connectivity index (χ3n) is 1.90. The van der Waals surface area contributed by atoms with Crippen molar-refractivity contribution in [3.05, 3.63) is 0 Å². The summed E-state index contributed by atoms with van der Waals surface area (Å²) in [7, 11) is 7.62. The first-order valence-corrected chi connectivity index (χ1v) is 5.29. The third kappa shape index (κ3) is 8.19. The lowest BCUT2D eigenvalue weighted by Crippen LogP contribution is -2.43. The Balaban J connectivity index is 3.62. The Labute approximate surface area is 97.0 Å². The van der Waals surface area contributed by atoms with Crippen LogP contribution in [-0.2, 0) is 9.59 Å². The predicted octanol–water partition coefficient (Wildman–Crippen LogP) is -1.66. The van der Waals surface area contributed by atoms with E-state index in [2.05, 4.69) is 10.6 Å². The first-order valence-electron chi connectivity index (χ1n) is 5.29. The van der Waals surface area contributed by atoms with Gasteiger partial charge >= 0.3 is 11.8 Å². The molecule has 0 aromatic heterocycles. The molecule has 2 N–H and O–H groups in total. The summed E-state index contributed by atoms with van der Waals surface area (Å²) < 4.78 is 0. The van der Waals surface area contributed by atoms with E-state index in [0.717, 1.165) is 13.1 Å². The standard InChI is InChI=1S/C10H22N4O2/c1-13(2)7-5-11-9(15)10(16)12-6-8-14(3)4/h5-8H2,1-4H3,(H,11,15)(H,12,16). The zero-order valence-electron chi connectivity index (χ0n) is 10.5. The van der Waals surface area contributed by atoms with Gasteiger partial charge in [-0.2, -0.15) is 0 Å². The van der Waals surface area contributed by atoms with Crippen molar-refractivity contribution in [2.45, 2.75) is 0 Å². The molecule has 0 aliphatic carbocycles. The minimum Gasteiger partial charge on any atom is -0.347 e. The number of rotatable bonds is 6. The van der Waals surface area contributed by atoms with Gasteiger partial charge in [-0.1, -0.05) is 0 Å². The third-order valence-corrected chi connectivity index (χ3v) is 1.90. The second-order valence-corrected chi connectivity index (χ2v) is 4.12. The van der Waals surface area contributed by atoms with E-state index in [1.807, 2.05) is 38.0 Å². The maximum Gasteiger partial charge on any atom is 0.309 e. The first-order chi connectivity index (χ1) is 7.43. The average Bonchev–Trinajstić information content (AvgIpc) is 2.16. The largest absolute Gasteiger partial charge is 0.347 e. The smallest absolute Gasteiger partial charge is 0.309 e. The van der Waals surface area contributed by atoms with Gasteiger partial charge in [-0.25, -0.2) is 0 Å². The van der Waals surface area contributed by atoms with Crippen molar-refractivity contribution in [1.29, 1.82) is 0 Å². The SMILES string of the molecule is CN(C)CCNC(=O)C(=O)NCCN(C)C. The number of amides is 2. The molecule has 0 saturated heterocycles. The van der Waals surface area contributed by atoms with Gasteiger partial charge in [0.25, 0.3) is 0 Å². The normalized spacial score (nSPS) is 10.6. The number of likely N-dealkylation sites (N-methyl/N-ethyl adjacent to an activating group) is 2. The number of carbonyl (C=O) groups excluding carboxylic acids is 2. The Hall–Kier alpha value is -1.14. The van der Waals surface area contributed by atoms with Crippen molar-refractivity contribution in [3.8, 4) is 0 Å². The van der Waals surface area contributed by atoms with E-state index in [0.29, 0.717) is 13.1 Å². The number of hydrogen-bond donors (Lipinski definition) is 2. The van der Waals surface area contributed by atoms with Gasteiger partial charge in [0.05, 0.1) is 0 Å². The second-order valence-electron chi connectivity index (χ2n) is 4.12. The molecule has 0 unspecified atom stereocenters. The molecule has 6 heteroatoms. The molecule has 0 fully saturated rings. The van der Waals surface area contributed by atoms with Gasteiger partial charge in [0.1, 0.15) is 0 Å². The van der Waals surface area contributed by atoms with Crippen LogP contribution in [0.3, 0.4) is 0 Å². The summed E-state index contributed by atoms with van der Waals surface area (Å²) in [6, 6.07) is 0. The Morgan fingerprint density at radius 2 is 1.12 bits per heavy atom. The average molecular weight is 230 g/mol. The molecule has 94 valence electrons. The molecule has 0 saturated carbocycles. The molecule has 0 bridgehead atoms. The highest BCUT2D eigenvalue weighted by atomic mass is 16.2. The molecule has 0 aromatic carbocycles. The van der Waals surface area contributed by atoms with Gasteiger partial charge in [-0.15, -0.1) is 0 Å². The van der Waals surface area contributed by atoms with Crippen LogP contribution in [0.4, 0.5) is 0 Å². The van der Waals surface area contributed by atoms with Crippen molar-refractivity contribution in [1.82, 2.24) is 20.4 Å². The summed E-state index contributed by atoms with van der Waals surface area (Å²) >= 11 is 0. The zero-order chi connectivity index (χ0) is 12.6. The monoisotopic (exact) mass is 230 g/mol. The molecule has 2 amide bonds. The summed E-state index contributed by atoms with van der Waals surface area (Å²) in [5.41, 5.74) is 0. The number of nitrogens with one attached hydrogen (secondary N) is 2. The van der Waals surface area contributed by atoms with Crippen molar-refractivity contribution in [2.24, 2.45) is 0 Å². The molecule has 6 nitrogen and oxygen atoms in total. The first kappa shape index (κ1) is 14.9. The van der Waals surface area contributed by atoms with E-state index < -0.39 is 11.8 Å². The minimum absolute atomic E-state index is 0.479. The molecule has 0 atom stereocenters. The Kier molecular flexibility index (Phi) is 7.49. The molecule has 0 rings (SSSR count).